The van der Waals surface area contributed by atoms with Crippen molar-refractivity contribution < 1.29 is 9.47 Å². The van der Waals surface area contributed by atoms with Crippen molar-refractivity contribution in [1.29, 1.82) is 5.26 Å². The van der Waals surface area contributed by atoms with Crippen LogP contribution in [0.15, 0.2) is 30.6 Å². The molecular formula is C17H19N3O2. The fourth-order valence-corrected chi connectivity index (χ4v) is 2.14. The predicted octanol–water partition coefficient (Wildman–Crippen LogP) is 3.85. The Labute approximate surface area is 130 Å². The molecule has 0 saturated heterocycles. The number of rotatable bonds is 6. The minimum atomic E-state index is 0.484. The van der Waals surface area contributed by atoms with Crippen molar-refractivity contribution >= 4 is 16.6 Å². The molecule has 1 heterocycles. The zero-order valence-electron chi connectivity index (χ0n) is 13.0. The Bertz CT molecular complexity index is 733. The highest BCUT2D eigenvalue weighted by Crippen LogP contribution is 2.36. The summed E-state index contributed by atoms with van der Waals surface area (Å²) in [7, 11) is 0. The van der Waals surface area contributed by atoms with Crippen LogP contribution in [0.25, 0.3) is 10.9 Å². The molecule has 22 heavy (non-hydrogen) atoms. The lowest BCUT2D eigenvalue weighted by Crippen LogP contribution is -2.00. The van der Waals surface area contributed by atoms with Crippen molar-refractivity contribution in [2.45, 2.75) is 20.8 Å². The van der Waals surface area contributed by atoms with Crippen LogP contribution in [0.1, 0.15) is 26.3 Å². The van der Waals surface area contributed by atoms with E-state index in [1.807, 2.05) is 39.0 Å². The van der Waals surface area contributed by atoms with Gasteiger partial charge in [0.25, 0.3) is 0 Å². The van der Waals surface area contributed by atoms with E-state index in [0.717, 1.165) is 16.6 Å². The van der Waals surface area contributed by atoms with Gasteiger partial charge in [-0.2, -0.15) is 5.26 Å². The van der Waals surface area contributed by atoms with E-state index in [9.17, 15) is 5.26 Å². The average Bonchev–Trinajstić information content (AvgIpc) is 2.53. The van der Waals surface area contributed by atoms with Crippen molar-refractivity contribution in [3.05, 3.63) is 36.2 Å². The van der Waals surface area contributed by atoms with Gasteiger partial charge in [-0.15, -0.1) is 0 Å². The number of anilines is 1. The SMILES string of the molecule is C/C=C/Nc1c(C#N)cnc2cc(OCC)c(OCC)cc12. The second kappa shape index (κ2) is 7.32. The number of allylic oxidation sites excluding steroid dienone is 1. The summed E-state index contributed by atoms with van der Waals surface area (Å²) in [6.45, 7) is 6.83. The van der Waals surface area contributed by atoms with Gasteiger partial charge in [-0.05, 0) is 33.0 Å². The summed E-state index contributed by atoms with van der Waals surface area (Å²) in [5, 5.41) is 13.2. The highest BCUT2D eigenvalue weighted by Gasteiger charge is 2.13. The highest BCUT2D eigenvalue weighted by atomic mass is 16.5. The van der Waals surface area contributed by atoms with Gasteiger partial charge in [-0.25, -0.2) is 0 Å². The Morgan fingerprint density at radius 1 is 1.23 bits per heavy atom. The molecule has 0 spiro atoms. The molecule has 1 N–H and O–H groups in total. The fourth-order valence-electron chi connectivity index (χ4n) is 2.14. The second-order valence-electron chi connectivity index (χ2n) is 4.49. The van der Waals surface area contributed by atoms with Crippen molar-refractivity contribution in [3.63, 3.8) is 0 Å². The Morgan fingerprint density at radius 2 is 1.91 bits per heavy atom. The lowest BCUT2D eigenvalue weighted by molar-refractivity contribution is 0.288. The molecule has 0 aliphatic carbocycles. The Hall–Kier alpha value is -2.74. The van der Waals surface area contributed by atoms with Gasteiger partial charge in [0.15, 0.2) is 11.5 Å². The smallest absolute Gasteiger partial charge is 0.163 e. The lowest BCUT2D eigenvalue weighted by Gasteiger charge is -2.14. The summed E-state index contributed by atoms with van der Waals surface area (Å²) in [6.07, 6.45) is 5.21. The summed E-state index contributed by atoms with van der Waals surface area (Å²) in [5.41, 5.74) is 1.95. The molecule has 0 aliphatic rings. The van der Waals surface area contributed by atoms with Crippen LogP contribution < -0.4 is 14.8 Å². The third-order valence-corrected chi connectivity index (χ3v) is 3.05. The van der Waals surface area contributed by atoms with E-state index >= 15 is 0 Å². The van der Waals surface area contributed by atoms with Gasteiger partial charge in [0, 0.05) is 17.6 Å². The van der Waals surface area contributed by atoms with Crippen molar-refractivity contribution in [2.75, 3.05) is 18.5 Å². The zero-order valence-corrected chi connectivity index (χ0v) is 13.0. The van der Waals surface area contributed by atoms with Crippen LogP contribution >= 0.6 is 0 Å². The summed E-state index contributed by atoms with van der Waals surface area (Å²) in [4.78, 5) is 4.34. The van der Waals surface area contributed by atoms with Crippen LogP contribution in [0.4, 0.5) is 5.69 Å². The van der Waals surface area contributed by atoms with Crippen molar-refractivity contribution in [3.8, 4) is 17.6 Å². The van der Waals surface area contributed by atoms with Crippen LogP contribution in [-0.4, -0.2) is 18.2 Å². The standard InChI is InChI=1S/C17H19N3O2/c1-4-7-19-17-12(10-18)11-20-14-9-16(22-6-3)15(21-5-2)8-13(14)17/h4,7-9,11H,5-6H2,1-3H3,(H,19,20)/b7-4+. The highest BCUT2D eigenvalue weighted by molar-refractivity contribution is 5.96. The molecule has 114 valence electrons. The number of fused-ring (bicyclic) bond motifs is 1. The van der Waals surface area contributed by atoms with Crippen LogP contribution in [0.3, 0.4) is 0 Å². The van der Waals surface area contributed by atoms with E-state index in [2.05, 4.69) is 16.4 Å². The third-order valence-electron chi connectivity index (χ3n) is 3.05. The second-order valence-corrected chi connectivity index (χ2v) is 4.49. The average molecular weight is 297 g/mol. The molecule has 0 aliphatic heterocycles. The summed E-state index contributed by atoms with van der Waals surface area (Å²) < 4.78 is 11.3. The molecule has 5 heteroatoms. The molecule has 5 nitrogen and oxygen atoms in total. The monoisotopic (exact) mass is 297 g/mol. The number of nitrogens with zero attached hydrogens (tertiary/aromatic N) is 2. The number of nitrogens with one attached hydrogen (secondary N) is 1. The molecule has 0 fully saturated rings. The number of benzene rings is 1. The van der Waals surface area contributed by atoms with E-state index in [1.54, 1.807) is 12.4 Å². The molecule has 0 bridgehead atoms. The van der Waals surface area contributed by atoms with E-state index in [4.69, 9.17) is 9.47 Å². The maximum absolute atomic E-state index is 9.28. The molecule has 2 aromatic rings. The van der Waals surface area contributed by atoms with Crippen LogP contribution in [0.5, 0.6) is 11.5 Å². The molecule has 0 atom stereocenters. The lowest BCUT2D eigenvalue weighted by atomic mass is 10.1. The first-order valence-corrected chi connectivity index (χ1v) is 7.25. The molecule has 0 radical (unpaired) electrons. The number of nitriles is 1. The molecule has 1 aromatic carbocycles. The van der Waals surface area contributed by atoms with Crippen molar-refractivity contribution in [1.82, 2.24) is 4.98 Å². The Balaban J connectivity index is 2.68. The quantitative estimate of drug-likeness (QED) is 0.877. The third kappa shape index (κ3) is 3.12. The Kier molecular flexibility index (Phi) is 5.21. The Morgan fingerprint density at radius 3 is 2.50 bits per heavy atom. The fraction of sp³-hybridized carbons (Fsp3) is 0.294. The first-order chi connectivity index (χ1) is 10.7. The maximum Gasteiger partial charge on any atom is 0.163 e. The number of aromatic nitrogens is 1. The van der Waals surface area contributed by atoms with Crippen LogP contribution in [0.2, 0.25) is 0 Å². The topological polar surface area (TPSA) is 67.2 Å². The van der Waals surface area contributed by atoms with Gasteiger partial charge in [0.2, 0.25) is 0 Å². The molecule has 0 unspecified atom stereocenters. The molecule has 0 amide bonds. The summed E-state index contributed by atoms with van der Waals surface area (Å²) in [5.74, 6) is 1.31. The van der Waals surface area contributed by atoms with Gasteiger partial charge in [-0.1, -0.05) is 6.08 Å². The molecule has 0 saturated carbocycles. The molecular weight excluding hydrogens is 278 g/mol. The normalized spacial score (nSPS) is 10.6. The first-order valence-electron chi connectivity index (χ1n) is 7.25. The number of ether oxygens (including phenoxy) is 2. The van der Waals surface area contributed by atoms with Crippen molar-refractivity contribution in [2.24, 2.45) is 0 Å². The first kappa shape index (κ1) is 15.6. The summed E-state index contributed by atoms with van der Waals surface area (Å²) >= 11 is 0. The number of hydrogen-bond acceptors (Lipinski definition) is 5. The number of hydrogen-bond donors (Lipinski definition) is 1. The largest absolute Gasteiger partial charge is 0.490 e. The predicted molar refractivity (Wildman–Crippen MR) is 87.2 cm³/mol. The number of pyridine rings is 1. The van der Waals surface area contributed by atoms with Gasteiger partial charge in [0.05, 0.1) is 30.0 Å². The maximum atomic E-state index is 9.28. The van der Waals surface area contributed by atoms with Gasteiger partial charge >= 0.3 is 0 Å². The minimum Gasteiger partial charge on any atom is -0.490 e. The zero-order chi connectivity index (χ0) is 15.9. The molecule has 1 aromatic heterocycles. The van der Waals surface area contributed by atoms with E-state index in [-0.39, 0.29) is 0 Å². The van der Waals surface area contributed by atoms with E-state index < -0.39 is 0 Å². The van der Waals surface area contributed by atoms with Gasteiger partial charge < -0.3 is 14.8 Å². The molecule has 2 rings (SSSR count). The van der Waals surface area contributed by atoms with Gasteiger partial charge in [-0.3, -0.25) is 4.98 Å². The summed E-state index contributed by atoms with van der Waals surface area (Å²) in [6, 6.07) is 5.86. The van der Waals surface area contributed by atoms with Gasteiger partial charge in [0.1, 0.15) is 6.07 Å². The minimum absolute atomic E-state index is 0.484. The van der Waals surface area contributed by atoms with E-state index in [1.165, 1.54) is 0 Å². The van der Waals surface area contributed by atoms with Crippen LogP contribution in [0, 0.1) is 11.3 Å². The van der Waals surface area contributed by atoms with Crippen LogP contribution in [-0.2, 0) is 0 Å². The van der Waals surface area contributed by atoms with E-state index in [0.29, 0.717) is 30.3 Å².